The normalized spacial score (nSPS) is 24.6. The second-order valence-corrected chi connectivity index (χ2v) is 5.56. The molecule has 1 heterocycles. The van der Waals surface area contributed by atoms with Crippen LogP contribution in [0.15, 0.2) is 18.2 Å². The van der Waals surface area contributed by atoms with Crippen molar-refractivity contribution in [1.82, 2.24) is 4.90 Å². The summed E-state index contributed by atoms with van der Waals surface area (Å²) in [5.74, 6) is 0. The average Bonchev–Trinajstić information content (AvgIpc) is 2.39. The molecule has 0 amide bonds. The number of nitrogens with two attached hydrogens (primary N) is 1. The Hall–Kier alpha value is -0.610. The molecule has 2 rings (SSSR count). The van der Waals surface area contributed by atoms with Crippen molar-refractivity contribution < 1.29 is 4.74 Å². The highest BCUT2D eigenvalue weighted by Gasteiger charge is 2.33. The molecule has 2 N–H and O–H groups in total. The van der Waals surface area contributed by atoms with Gasteiger partial charge in [-0.1, -0.05) is 24.6 Å². The Bertz CT molecular complexity index is 423. The van der Waals surface area contributed by atoms with Crippen LogP contribution in [-0.2, 0) is 4.74 Å². The number of hydrogen-bond donors (Lipinski definition) is 1. The van der Waals surface area contributed by atoms with Crippen LogP contribution < -0.4 is 5.73 Å². The Morgan fingerprint density at radius 2 is 2.26 bits per heavy atom. The van der Waals surface area contributed by atoms with Gasteiger partial charge in [-0.2, -0.15) is 0 Å². The lowest BCUT2D eigenvalue weighted by Gasteiger charge is -2.41. The van der Waals surface area contributed by atoms with Crippen LogP contribution in [0.4, 0.5) is 0 Å². The topological polar surface area (TPSA) is 38.5 Å². The molecule has 1 aromatic carbocycles. The summed E-state index contributed by atoms with van der Waals surface area (Å²) >= 11 is 6.05. The predicted octanol–water partition coefficient (Wildman–Crippen LogP) is 2.76. The second-order valence-electron chi connectivity index (χ2n) is 5.13. The number of hydrogen-bond acceptors (Lipinski definition) is 3. The fourth-order valence-corrected chi connectivity index (χ4v) is 3.12. The zero-order valence-electron chi connectivity index (χ0n) is 11.7. The number of nitrogens with zero attached hydrogens (tertiary/aromatic N) is 1. The minimum absolute atomic E-state index is 0.0696. The Morgan fingerprint density at radius 3 is 2.89 bits per heavy atom. The van der Waals surface area contributed by atoms with Gasteiger partial charge in [-0.3, -0.25) is 4.90 Å². The lowest BCUT2D eigenvalue weighted by molar-refractivity contribution is -0.0678. The summed E-state index contributed by atoms with van der Waals surface area (Å²) in [6, 6.07) is 6.33. The van der Waals surface area contributed by atoms with Crippen molar-refractivity contribution in [3.63, 3.8) is 0 Å². The van der Waals surface area contributed by atoms with Crippen LogP contribution in [0.1, 0.15) is 30.5 Å². The van der Waals surface area contributed by atoms with Gasteiger partial charge in [-0.15, -0.1) is 0 Å². The number of benzene rings is 1. The van der Waals surface area contributed by atoms with E-state index in [-0.39, 0.29) is 12.1 Å². The molecule has 0 aliphatic carbocycles. The van der Waals surface area contributed by atoms with Crippen LogP contribution in [0.2, 0.25) is 5.02 Å². The molecule has 3 nitrogen and oxygen atoms in total. The quantitative estimate of drug-likeness (QED) is 0.923. The third-order valence-corrected chi connectivity index (χ3v) is 3.98. The minimum Gasteiger partial charge on any atom is -0.374 e. The SMILES string of the molecule is CCCN1CCOC(CN)C1c1ccc(Cl)cc1C. The first-order valence-corrected chi connectivity index (χ1v) is 7.37. The van der Waals surface area contributed by atoms with E-state index in [9.17, 15) is 0 Å². The van der Waals surface area contributed by atoms with E-state index < -0.39 is 0 Å². The largest absolute Gasteiger partial charge is 0.374 e. The standard InChI is InChI=1S/C15H23ClN2O/c1-3-6-18-7-8-19-14(10-17)15(18)13-5-4-12(16)9-11(13)2/h4-5,9,14-15H,3,6-8,10,17H2,1-2H3. The molecule has 1 aliphatic rings. The third kappa shape index (κ3) is 3.29. The number of rotatable bonds is 4. The van der Waals surface area contributed by atoms with Crippen molar-refractivity contribution in [2.45, 2.75) is 32.4 Å². The molecule has 4 heteroatoms. The van der Waals surface area contributed by atoms with Crippen LogP contribution >= 0.6 is 11.6 Å². The van der Waals surface area contributed by atoms with Crippen LogP contribution in [0.5, 0.6) is 0 Å². The van der Waals surface area contributed by atoms with E-state index in [4.69, 9.17) is 22.1 Å². The molecular weight excluding hydrogens is 260 g/mol. The number of ether oxygens (including phenoxy) is 1. The Labute approximate surface area is 120 Å². The van der Waals surface area contributed by atoms with Gasteiger partial charge in [-0.25, -0.2) is 0 Å². The van der Waals surface area contributed by atoms with Crippen molar-refractivity contribution in [2.75, 3.05) is 26.2 Å². The van der Waals surface area contributed by atoms with E-state index in [0.717, 1.165) is 31.1 Å². The number of morpholine rings is 1. The van der Waals surface area contributed by atoms with E-state index in [1.807, 2.05) is 12.1 Å². The van der Waals surface area contributed by atoms with Crippen molar-refractivity contribution >= 4 is 11.6 Å². The third-order valence-electron chi connectivity index (χ3n) is 3.75. The minimum atomic E-state index is 0.0696. The van der Waals surface area contributed by atoms with Crippen molar-refractivity contribution in [3.05, 3.63) is 34.3 Å². The summed E-state index contributed by atoms with van der Waals surface area (Å²) < 4.78 is 5.86. The van der Waals surface area contributed by atoms with Crippen LogP contribution in [0, 0.1) is 6.92 Å². The summed E-state index contributed by atoms with van der Waals surface area (Å²) in [5.41, 5.74) is 8.39. The lowest BCUT2D eigenvalue weighted by Crippen LogP contribution is -2.48. The molecule has 1 aliphatic heterocycles. The highest BCUT2D eigenvalue weighted by Crippen LogP contribution is 2.32. The first-order valence-electron chi connectivity index (χ1n) is 6.99. The fourth-order valence-electron chi connectivity index (χ4n) is 2.89. The van der Waals surface area contributed by atoms with Gasteiger partial charge in [0.1, 0.15) is 0 Å². The van der Waals surface area contributed by atoms with Gasteiger partial charge in [0.15, 0.2) is 0 Å². The Morgan fingerprint density at radius 1 is 1.47 bits per heavy atom. The van der Waals surface area contributed by atoms with Crippen molar-refractivity contribution in [3.8, 4) is 0 Å². The lowest BCUT2D eigenvalue weighted by atomic mass is 9.94. The maximum atomic E-state index is 6.05. The maximum absolute atomic E-state index is 6.05. The van der Waals surface area contributed by atoms with E-state index in [0.29, 0.717) is 6.54 Å². The molecule has 0 radical (unpaired) electrons. The monoisotopic (exact) mass is 282 g/mol. The average molecular weight is 283 g/mol. The van der Waals surface area contributed by atoms with Gasteiger partial charge in [0.05, 0.1) is 18.8 Å². The van der Waals surface area contributed by atoms with Crippen LogP contribution in [-0.4, -0.2) is 37.2 Å². The van der Waals surface area contributed by atoms with Crippen molar-refractivity contribution in [1.29, 1.82) is 0 Å². The summed E-state index contributed by atoms with van der Waals surface area (Å²) in [7, 11) is 0. The molecule has 0 saturated carbocycles. The first kappa shape index (κ1) is 14.8. The zero-order valence-corrected chi connectivity index (χ0v) is 12.5. The summed E-state index contributed by atoms with van der Waals surface area (Å²) in [5, 5.41) is 0.782. The smallest absolute Gasteiger partial charge is 0.0894 e. The van der Waals surface area contributed by atoms with E-state index in [1.54, 1.807) is 0 Å². The maximum Gasteiger partial charge on any atom is 0.0894 e. The van der Waals surface area contributed by atoms with Crippen LogP contribution in [0.3, 0.4) is 0 Å². The van der Waals surface area contributed by atoms with E-state index in [2.05, 4.69) is 24.8 Å². The summed E-state index contributed by atoms with van der Waals surface area (Å²) in [6.45, 7) is 7.67. The van der Waals surface area contributed by atoms with Crippen LogP contribution in [0.25, 0.3) is 0 Å². The highest BCUT2D eigenvalue weighted by molar-refractivity contribution is 6.30. The summed E-state index contributed by atoms with van der Waals surface area (Å²) in [6.07, 6.45) is 1.21. The second kappa shape index (κ2) is 6.71. The zero-order chi connectivity index (χ0) is 13.8. The first-order chi connectivity index (χ1) is 9.17. The molecule has 19 heavy (non-hydrogen) atoms. The van der Waals surface area contributed by atoms with Gasteiger partial charge < -0.3 is 10.5 Å². The Kier molecular flexibility index (Phi) is 5.22. The predicted molar refractivity (Wildman–Crippen MR) is 79.6 cm³/mol. The van der Waals surface area contributed by atoms with Gasteiger partial charge in [0.25, 0.3) is 0 Å². The molecule has 106 valence electrons. The molecule has 2 unspecified atom stereocenters. The van der Waals surface area contributed by atoms with Gasteiger partial charge in [0, 0.05) is 18.1 Å². The van der Waals surface area contributed by atoms with Crippen molar-refractivity contribution in [2.24, 2.45) is 5.73 Å². The molecular formula is C15H23ClN2O. The van der Waals surface area contributed by atoms with Gasteiger partial charge in [-0.05, 0) is 43.1 Å². The Balaban J connectivity index is 2.33. The fraction of sp³-hybridized carbons (Fsp3) is 0.600. The van der Waals surface area contributed by atoms with E-state index >= 15 is 0 Å². The van der Waals surface area contributed by atoms with Gasteiger partial charge in [0.2, 0.25) is 0 Å². The van der Waals surface area contributed by atoms with Gasteiger partial charge >= 0.3 is 0 Å². The molecule has 2 atom stereocenters. The molecule has 1 fully saturated rings. The molecule has 0 bridgehead atoms. The van der Waals surface area contributed by atoms with E-state index in [1.165, 1.54) is 11.1 Å². The molecule has 1 aromatic rings. The molecule has 0 spiro atoms. The number of halogens is 1. The highest BCUT2D eigenvalue weighted by atomic mass is 35.5. The molecule has 0 aromatic heterocycles. The molecule has 1 saturated heterocycles. The number of aryl methyl sites for hydroxylation is 1. The summed E-state index contributed by atoms with van der Waals surface area (Å²) in [4.78, 5) is 2.48.